The smallest absolute Gasteiger partial charge is 0.323 e. The highest BCUT2D eigenvalue weighted by Crippen LogP contribution is 2.16. The van der Waals surface area contributed by atoms with Crippen molar-refractivity contribution in [2.75, 3.05) is 16.0 Å². The predicted molar refractivity (Wildman–Crippen MR) is 93.6 cm³/mol. The van der Waals surface area contributed by atoms with Gasteiger partial charge >= 0.3 is 6.03 Å². The number of hydrogen-bond acceptors (Lipinski definition) is 2. The summed E-state index contributed by atoms with van der Waals surface area (Å²) < 4.78 is 13.5. The van der Waals surface area contributed by atoms with Crippen molar-refractivity contribution in [1.82, 2.24) is 0 Å². The third-order valence-electron chi connectivity index (χ3n) is 3.14. The second kappa shape index (κ2) is 8.10. The molecule has 126 valence electrons. The zero-order valence-corrected chi connectivity index (χ0v) is 13.6. The lowest BCUT2D eigenvalue weighted by molar-refractivity contribution is -0.116. The fourth-order valence-corrected chi connectivity index (χ4v) is 2.07. The van der Waals surface area contributed by atoms with Crippen molar-refractivity contribution in [1.29, 1.82) is 0 Å². The zero-order valence-electron chi connectivity index (χ0n) is 13.6. The molecule has 0 saturated heterocycles. The number of carbonyl (C=O) groups is 2. The molecule has 0 spiro atoms. The van der Waals surface area contributed by atoms with Crippen LogP contribution in [0.25, 0.3) is 0 Å². The van der Waals surface area contributed by atoms with E-state index >= 15 is 0 Å². The SMILES string of the molecule is CC(C)CC(=O)Nc1ccc(NC(=O)Nc2ccccc2F)cc1. The van der Waals surface area contributed by atoms with Gasteiger partial charge in [0, 0.05) is 17.8 Å². The molecule has 0 aliphatic rings. The second-order valence-corrected chi connectivity index (χ2v) is 5.78. The lowest BCUT2D eigenvalue weighted by Gasteiger charge is -2.10. The van der Waals surface area contributed by atoms with Crippen LogP contribution in [0.1, 0.15) is 20.3 Å². The Bertz CT molecular complexity index is 714. The average Bonchev–Trinajstić information content (AvgIpc) is 2.51. The van der Waals surface area contributed by atoms with Crippen molar-refractivity contribution in [3.05, 3.63) is 54.3 Å². The summed E-state index contributed by atoms with van der Waals surface area (Å²) in [5.41, 5.74) is 1.29. The van der Waals surface area contributed by atoms with Crippen molar-refractivity contribution in [3.63, 3.8) is 0 Å². The normalized spacial score (nSPS) is 10.3. The van der Waals surface area contributed by atoms with Crippen LogP contribution in [0.15, 0.2) is 48.5 Å². The Morgan fingerprint density at radius 1 is 0.917 bits per heavy atom. The monoisotopic (exact) mass is 329 g/mol. The van der Waals surface area contributed by atoms with Gasteiger partial charge in [-0.2, -0.15) is 0 Å². The fourth-order valence-electron chi connectivity index (χ4n) is 2.07. The van der Waals surface area contributed by atoms with Gasteiger partial charge < -0.3 is 16.0 Å². The minimum atomic E-state index is -0.545. The third-order valence-corrected chi connectivity index (χ3v) is 3.14. The van der Waals surface area contributed by atoms with E-state index < -0.39 is 11.8 Å². The van der Waals surface area contributed by atoms with Crippen molar-refractivity contribution in [3.8, 4) is 0 Å². The van der Waals surface area contributed by atoms with Gasteiger partial charge in [-0.25, -0.2) is 9.18 Å². The Morgan fingerprint density at radius 3 is 2.08 bits per heavy atom. The number of hydrogen-bond donors (Lipinski definition) is 3. The number of anilines is 3. The third kappa shape index (κ3) is 5.39. The second-order valence-electron chi connectivity index (χ2n) is 5.78. The molecule has 0 aliphatic carbocycles. The quantitative estimate of drug-likeness (QED) is 0.758. The molecule has 0 unspecified atom stereocenters. The summed E-state index contributed by atoms with van der Waals surface area (Å²) in [7, 11) is 0. The molecule has 5 nitrogen and oxygen atoms in total. The van der Waals surface area contributed by atoms with Crippen molar-refractivity contribution < 1.29 is 14.0 Å². The molecular weight excluding hydrogens is 309 g/mol. The van der Waals surface area contributed by atoms with E-state index in [1.165, 1.54) is 12.1 Å². The number of benzene rings is 2. The van der Waals surface area contributed by atoms with Gasteiger partial charge in [0.2, 0.25) is 5.91 Å². The minimum Gasteiger partial charge on any atom is -0.326 e. The maximum Gasteiger partial charge on any atom is 0.323 e. The largest absolute Gasteiger partial charge is 0.326 e. The summed E-state index contributed by atoms with van der Waals surface area (Å²) in [5, 5.41) is 7.82. The first kappa shape index (κ1) is 17.5. The van der Waals surface area contributed by atoms with E-state index in [4.69, 9.17) is 0 Å². The summed E-state index contributed by atoms with van der Waals surface area (Å²) in [6.07, 6.45) is 0.449. The van der Waals surface area contributed by atoms with Gasteiger partial charge in [-0.1, -0.05) is 26.0 Å². The van der Waals surface area contributed by atoms with Gasteiger partial charge in [-0.05, 0) is 42.3 Å². The van der Waals surface area contributed by atoms with E-state index in [-0.39, 0.29) is 17.5 Å². The van der Waals surface area contributed by atoms with Crippen molar-refractivity contribution >= 4 is 29.0 Å². The van der Waals surface area contributed by atoms with Crippen LogP contribution in [0, 0.1) is 11.7 Å². The number of urea groups is 1. The topological polar surface area (TPSA) is 70.2 Å². The van der Waals surface area contributed by atoms with Gasteiger partial charge in [0.25, 0.3) is 0 Å². The van der Waals surface area contributed by atoms with Gasteiger partial charge in [-0.15, -0.1) is 0 Å². The molecule has 0 aliphatic heterocycles. The van der Waals surface area contributed by atoms with Crippen LogP contribution in [0.2, 0.25) is 0 Å². The molecule has 3 N–H and O–H groups in total. The molecule has 0 fully saturated rings. The molecule has 0 radical (unpaired) electrons. The highest BCUT2D eigenvalue weighted by Gasteiger charge is 2.07. The molecule has 3 amide bonds. The Morgan fingerprint density at radius 2 is 1.50 bits per heavy atom. The lowest BCUT2D eigenvalue weighted by atomic mass is 10.1. The summed E-state index contributed by atoms with van der Waals surface area (Å²) in [6, 6.07) is 12.1. The molecule has 6 heteroatoms. The Balaban J connectivity index is 1.90. The number of carbonyl (C=O) groups excluding carboxylic acids is 2. The summed E-state index contributed by atoms with van der Waals surface area (Å²) in [6.45, 7) is 3.95. The average molecular weight is 329 g/mol. The van der Waals surface area contributed by atoms with E-state index in [1.807, 2.05) is 13.8 Å². The van der Waals surface area contributed by atoms with Crippen LogP contribution in [-0.2, 0) is 4.79 Å². The first-order chi connectivity index (χ1) is 11.4. The molecule has 0 heterocycles. The van der Waals surface area contributed by atoms with E-state index in [1.54, 1.807) is 36.4 Å². The number of rotatable bonds is 5. The van der Waals surface area contributed by atoms with Crippen molar-refractivity contribution in [2.24, 2.45) is 5.92 Å². The number of nitrogens with one attached hydrogen (secondary N) is 3. The highest BCUT2D eigenvalue weighted by molar-refractivity contribution is 6.00. The number of halogens is 1. The zero-order chi connectivity index (χ0) is 17.5. The van der Waals surface area contributed by atoms with E-state index in [0.29, 0.717) is 17.8 Å². The molecule has 0 saturated carbocycles. The Labute approximate surface area is 140 Å². The summed E-state index contributed by atoms with van der Waals surface area (Å²) in [5.74, 6) is -0.271. The number of amides is 3. The van der Waals surface area contributed by atoms with Crippen LogP contribution in [0.5, 0.6) is 0 Å². The van der Waals surface area contributed by atoms with Gasteiger partial charge in [-0.3, -0.25) is 4.79 Å². The molecule has 0 bridgehead atoms. The molecule has 2 aromatic rings. The first-order valence-electron chi connectivity index (χ1n) is 7.66. The Kier molecular flexibility index (Phi) is 5.89. The van der Waals surface area contributed by atoms with Gasteiger partial charge in [0.1, 0.15) is 5.82 Å². The maximum absolute atomic E-state index is 13.5. The van der Waals surface area contributed by atoms with Crippen LogP contribution in [0.3, 0.4) is 0 Å². The van der Waals surface area contributed by atoms with Crippen LogP contribution >= 0.6 is 0 Å². The lowest BCUT2D eigenvalue weighted by Crippen LogP contribution is -2.20. The molecular formula is C18H20FN3O2. The van der Waals surface area contributed by atoms with Crippen LogP contribution in [-0.4, -0.2) is 11.9 Å². The van der Waals surface area contributed by atoms with Gasteiger partial charge in [0.05, 0.1) is 5.69 Å². The standard InChI is InChI=1S/C18H20FN3O2/c1-12(2)11-17(23)20-13-7-9-14(10-8-13)21-18(24)22-16-6-4-3-5-15(16)19/h3-10,12H,11H2,1-2H3,(H,20,23)(H2,21,22,24). The van der Waals surface area contributed by atoms with E-state index in [0.717, 1.165) is 0 Å². The molecule has 0 aromatic heterocycles. The van der Waals surface area contributed by atoms with Crippen LogP contribution < -0.4 is 16.0 Å². The fraction of sp³-hybridized carbons (Fsp3) is 0.222. The summed E-state index contributed by atoms with van der Waals surface area (Å²) >= 11 is 0. The molecule has 2 rings (SSSR count). The predicted octanol–water partition coefficient (Wildman–Crippen LogP) is 4.45. The van der Waals surface area contributed by atoms with Gasteiger partial charge in [0.15, 0.2) is 0 Å². The molecule has 2 aromatic carbocycles. The number of para-hydroxylation sites is 1. The molecule has 0 atom stereocenters. The highest BCUT2D eigenvalue weighted by atomic mass is 19.1. The van der Waals surface area contributed by atoms with Crippen molar-refractivity contribution in [2.45, 2.75) is 20.3 Å². The van der Waals surface area contributed by atoms with E-state index in [9.17, 15) is 14.0 Å². The van der Waals surface area contributed by atoms with E-state index in [2.05, 4.69) is 16.0 Å². The van der Waals surface area contributed by atoms with Crippen LogP contribution in [0.4, 0.5) is 26.2 Å². The summed E-state index contributed by atoms with van der Waals surface area (Å²) in [4.78, 5) is 23.6. The molecule has 24 heavy (non-hydrogen) atoms. The maximum atomic E-state index is 13.5. The Hall–Kier alpha value is -2.89. The first-order valence-corrected chi connectivity index (χ1v) is 7.66. The minimum absolute atomic E-state index is 0.0528.